The van der Waals surface area contributed by atoms with Gasteiger partial charge in [0.2, 0.25) is 5.91 Å². The number of rotatable bonds is 4. The second-order valence-electron chi connectivity index (χ2n) is 5.15. The highest BCUT2D eigenvalue weighted by molar-refractivity contribution is 6.30. The molecule has 2 aromatic carbocycles. The standard InChI is InChI=1S/C18H14ClNO3/c1-2-20-11-15(21)17(18(20)22)14-10-12(19)8-9-16(14)23-13-6-4-3-5-7-13/h2-10,17H,1,11H2. The Hall–Kier alpha value is -2.59. The summed E-state index contributed by atoms with van der Waals surface area (Å²) in [6.45, 7) is 3.58. The summed E-state index contributed by atoms with van der Waals surface area (Å²) in [6.07, 6.45) is 1.36. The van der Waals surface area contributed by atoms with Gasteiger partial charge in [-0.15, -0.1) is 0 Å². The molecule has 0 aliphatic carbocycles. The van der Waals surface area contributed by atoms with Crippen molar-refractivity contribution in [1.29, 1.82) is 0 Å². The molecule has 1 heterocycles. The smallest absolute Gasteiger partial charge is 0.242 e. The van der Waals surface area contributed by atoms with Crippen LogP contribution in [0.4, 0.5) is 0 Å². The summed E-state index contributed by atoms with van der Waals surface area (Å²) in [7, 11) is 0. The number of carbonyl (C=O) groups is 2. The molecule has 0 N–H and O–H groups in total. The molecule has 0 saturated carbocycles. The first-order valence-corrected chi connectivity index (χ1v) is 7.46. The number of benzene rings is 2. The molecule has 0 aromatic heterocycles. The molecule has 1 aliphatic heterocycles. The summed E-state index contributed by atoms with van der Waals surface area (Å²) in [6, 6.07) is 14.1. The minimum Gasteiger partial charge on any atom is -0.457 e. The lowest BCUT2D eigenvalue weighted by atomic mass is 9.95. The summed E-state index contributed by atoms with van der Waals surface area (Å²) >= 11 is 6.05. The molecule has 0 radical (unpaired) electrons. The van der Waals surface area contributed by atoms with Crippen LogP contribution in [0.5, 0.6) is 11.5 Å². The molecule has 3 rings (SSSR count). The zero-order valence-corrected chi connectivity index (χ0v) is 13.0. The maximum Gasteiger partial charge on any atom is 0.242 e. The number of ketones is 1. The Balaban J connectivity index is 2.01. The number of halogens is 1. The molecule has 1 amide bonds. The van der Waals surface area contributed by atoms with Crippen molar-refractivity contribution < 1.29 is 14.3 Å². The van der Waals surface area contributed by atoms with Crippen LogP contribution in [0.15, 0.2) is 61.3 Å². The van der Waals surface area contributed by atoms with Crippen LogP contribution in [-0.2, 0) is 9.59 Å². The van der Waals surface area contributed by atoms with E-state index in [0.29, 0.717) is 22.1 Å². The zero-order valence-electron chi connectivity index (χ0n) is 12.2. The fourth-order valence-corrected chi connectivity index (χ4v) is 2.74. The van der Waals surface area contributed by atoms with Gasteiger partial charge < -0.3 is 9.64 Å². The first-order chi connectivity index (χ1) is 11.1. The molecule has 2 aromatic rings. The molecule has 0 spiro atoms. The van der Waals surface area contributed by atoms with Gasteiger partial charge in [0.15, 0.2) is 5.78 Å². The Morgan fingerprint density at radius 1 is 1.17 bits per heavy atom. The fraction of sp³-hybridized carbons (Fsp3) is 0.111. The number of hydrogen-bond donors (Lipinski definition) is 0. The second kappa shape index (κ2) is 6.26. The lowest BCUT2D eigenvalue weighted by molar-refractivity contribution is -0.127. The minimum atomic E-state index is -0.912. The van der Waals surface area contributed by atoms with Crippen LogP contribution in [0.25, 0.3) is 0 Å². The topological polar surface area (TPSA) is 46.6 Å². The molecular weight excluding hydrogens is 314 g/mol. The predicted octanol–water partition coefficient (Wildman–Crippen LogP) is 3.77. The largest absolute Gasteiger partial charge is 0.457 e. The van der Waals surface area contributed by atoms with Gasteiger partial charge in [-0.1, -0.05) is 36.4 Å². The molecule has 1 aliphatic rings. The van der Waals surface area contributed by atoms with Crippen molar-refractivity contribution in [3.63, 3.8) is 0 Å². The molecule has 5 heteroatoms. The number of amides is 1. The van der Waals surface area contributed by atoms with Crippen molar-refractivity contribution >= 4 is 23.3 Å². The monoisotopic (exact) mass is 327 g/mol. The number of carbonyl (C=O) groups excluding carboxylic acids is 2. The van der Waals surface area contributed by atoms with Crippen LogP contribution in [0.3, 0.4) is 0 Å². The predicted molar refractivity (Wildman–Crippen MR) is 87.6 cm³/mol. The first kappa shape index (κ1) is 15.3. The van der Waals surface area contributed by atoms with Crippen LogP contribution < -0.4 is 4.74 Å². The molecule has 116 valence electrons. The average molecular weight is 328 g/mol. The van der Waals surface area contributed by atoms with Crippen molar-refractivity contribution in [2.75, 3.05) is 6.54 Å². The van der Waals surface area contributed by atoms with Crippen molar-refractivity contribution in [2.24, 2.45) is 0 Å². The molecule has 4 nitrogen and oxygen atoms in total. The highest BCUT2D eigenvalue weighted by Gasteiger charge is 2.40. The van der Waals surface area contributed by atoms with Crippen molar-refractivity contribution in [3.8, 4) is 11.5 Å². The van der Waals surface area contributed by atoms with Gasteiger partial charge in [-0.05, 0) is 30.3 Å². The third-order valence-corrected chi connectivity index (χ3v) is 3.89. The van der Waals surface area contributed by atoms with Gasteiger partial charge in [-0.25, -0.2) is 0 Å². The average Bonchev–Trinajstić information content (AvgIpc) is 2.84. The Bertz CT molecular complexity index is 773. The van der Waals surface area contributed by atoms with Gasteiger partial charge >= 0.3 is 0 Å². The molecule has 23 heavy (non-hydrogen) atoms. The Labute approximate surface area is 138 Å². The quantitative estimate of drug-likeness (QED) is 0.803. The van der Waals surface area contributed by atoms with Gasteiger partial charge in [-0.2, -0.15) is 0 Å². The van der Waals surface area contributed by atoms with Crippen LogP contribution in [0.1, 0.15) is 11.5 Å². The summed E-state index contributed by atoms with van der Waals surface area (Å²) < 4.78 is 5.84. The number of para-hydroxylation sites is 1. The van der Waals surface area contributed by atoms with E-state index in [4.69, 9.17) is 16.3 Å². The Morgan fingerprint density at radius 3 is 2.57 bits per heavy atom. The molecular formula is C18H14ClNO3. The summed E-state index contributed by atoms with van der Waals surface area (Å²) in [5.41, 5.74) is 0.473. The van der Waals surface area contributed by atoms with Crippen molar-refractivity contribution in [1.82, 2.24) is 4.90 Å². The highest BCUT2D eigenvalue weighted by Crippen LogP contribution is 2.36. The number of nitrogens with zero attached hydrogens (tertiary/aromatic N) is 1. The normalized spacial score (nSPS) is 17.4. The maximum absolute atomic E-state index is 12.4. The second-order valence-corrected chi connectivity index (χ2v) is 5.58. The van der Waals surface area contributed by atoms with Crippen LogP contribution >= 0.6 is 11.6 Å². The Kier molecular flexibility index (Phi) is 4.17. The van der Waals surface area contributed by atoms with Crippen molar-refractivity contribution in [2.45, 2.75) is 5.92 Å². The number of ether oxygens (including phenoxy) is 1. The third kappa shape index (κ3) is 2.98. The summed E-state index contributed by atoms with van der Waals surface area (Å²) in [5.74, 6) is -0.363. The van der Waals surface area contributed by atoms with Gasteiger partial charge in [0.25, 0.3) is 0 Å². The van der Waals surface area contributed by atoms with Gasteiger partial charge in [-0.3, -0.25) is 9.59 Å². The van der Waals surface area contributed by atoms with Gasteiger partial charge in [0, 0.05) is 16.8 Å². The molecule has 1 fully saturated rings. The number of hydrogen-bond acceptors (Lipinski definition) is 3. The SMILES string of the molecule is C=CN1CC(=O)C(c2cc(Cl)ccc2Oc2ccccc2)C1=O. The number of likely N-dealkylation sites (tertiary alicyclic amines) is 1. The van der Waals surface area contributed by atoms with E-state index in [2.05, 4.69) is 6.58 Å². The molecule has 0 bridgehead atoms. The maximum atomic E-state index is 12.4. The van der Waals surface area contributed by atoms with E-state index in [1.807, 2.05) is 18.2 Å². The fourth-order valence-electron chi connectivity index (χ4n) is 2.55. The van der Waals surface area contributed by atoms with Gasteiger partial charge in [0.05, 0.1) is 6.54 Å². The van der Waals surface area contributed by atoms with E-state index in [0.717, 1.165) is 0 Å². The lowest BCUT2D eigenvalue weighted by Gasteiger charge is -2.15. The van der Waals surface area contributed by atoms with Crippen molar-refractivity contribution in [3.05, 3.63) is 71.9 Å². The van der Waals surface area contributed by atoms with E-state index < -0.39 is 5.92 Å². The molecule has 1 saturated heterocycles. The van der Waals surface area contributed by atoms with Crippen LogP contribution in [-0.4, -0.2) is 23.1 Å². The number of Topliss-reactive ketones (excluding diaryl/α,β-unsaturated/α-hetero) is 1. The van der Waals surface area contributed by atoms with E-state index in [-0.39, 0.29) is 18.2 Å². The molecule has 1 atom stereocenters. The minimum absolute atomic E-state index is 0.0181. The van der Waals surface area contributed by atoms with E-state index >= 15 is 0 Å². The lowest BCUT2D eigenvalue weighted by Crippen LogP contribution is -2.20. The van der Waals surface area contributed by atoms with Crippen LogP contribution in [0, 0.1) is 0 Å². The van der Waals surface area contributed by atoms with E-state index in [1.165, 1.54) is 11.1 Å². The summed E-state index contributed by atoms with van der Waals surface area (Å²) in [5, 5.41) is 0.443. The molecule has 1 unspecified atom stereocenters. The first-order valence-electron chi connectivity index (χ1n) is 7.08. The Morgan fingerprint density at radius 2 is 1.91 bits per heavy atom. The highest BCUT2D eigenvalue weighted by atomic mass is 35.5. The third-order valence-electron chi connectivity index (χ3n) is 3.65. The summed E-state index contributed by atoms with van der Waals surface area (Å²) in [4.78, 5) is 26.0. The van der Waals surface area contributed by atoms with E-state index in [9.17, 15) is 9.59 Å². The van der Waals surface area contributed by atoms with Gasteiger partial charge in [0.1, 0.15) is 17.4 Å². The van der Waals surface area contributed by atoms with Crippen LogP contribution in [0.2, 0.25) is 5.02 Å². The van der Waals surface area contributed by atoms with E-state index in [1.54, 1.807) is 30.3 Å². The zero-order chi connectivity index (χ0) is 16.4.